The van der Waals surface area contributed by atoms with E-state index in [1.54, 1.807) is 51.1 Å². The van der Waals surface area contributed by atoms with Crippen LogP contribution in [0, 0.1) is 6.92 Å². The predicted molar refractivity (Wildman–Crippen MR) is 123 cm³/mol. The summed E-state index contributed by atoms with van der Waals surface area (Å²) in [5, 5.41) is 8.05. The lowest BCUT2D eigenvalue weighted by molar-refractivity contribution is -0.116. The topological polar surface area (TPSA) is 96.5 Å². The van der Waals surface area contributed by atoms with Crippen molar-refractivity contribution in [3.05, 3.63) is 65.7 Å². The number of amides is 3. The van der Waals surface area contributed by atoms with E-state index < -0.39 is 11.7 Å². The molecule has 0 unspecified atom stereocenters. The van der Waals surface area contributed by atoms with Gasteiger partial charge in [-0.2, -0.15) is 0 Å². The Morgan fingerprint density at radius 3 is 2.23 bits per heavy atom. The van der Waals surface area contributed by atoms with Crippen molar-refractivity contribution in [2.24, 2.45) is 0 Å². The van der Waals surface area contributed by atoms with Gasteiger partial charge in [-0.1, -0.05) is 29.8 Å². The lowest BCUT2D eigenvalue weighted by Crippen LogP contribution is -2.34. The van der Waals surface area contributed by atoms with E-state index in [-0.39, 0.29) is 24.8 Å². The van der Waals surface area contributed by atoms with Gasteiger partial charge in [0.05, 0.1) is 0 Å². The number of ether oxygens (including phenoxy) is 1. The number of hydrogen-bond acceptors (Lipinski definition) is 4. The third-order valence-corrected chi connectivity index (χ3v) is 3.93. The van der Waals surface area contributed by atoms with Crippen molar-refractivity contribution in [1.82, 2.24) is 5.32 Å². The standard InChI is InChI=1S/C24H29N3O4/c1-17-6-5-7-18(16-17)8-13-21(28)26-19-9-11-20(12-10-19)27-22(29)14-15-25-23(30)31-24(2,3)4/h5-13,16H,14-15H2,1-4H3,(H,25,30)(H,26,28)(H,27,29)/b13-8+. The van der Waals surface area contributed by atoms with E-state index in [1.165, 1.54) is 6.08 Å². The third-order valence-electron chi connectivity index (χ3n) is 3.93. The molecule has 0 saturated carbocycles. The lowest BCUT2D eigenvalue weighted by atomic mass is 10.1. The molecule has 164 valence electrons. The quantitative estimate of drug-likeness (QED) is 0.571. The molecule has 0 saturated heterocycles. The van der Waals surface area contributed by atoms with Crippen molar-refractivity contribution in [2.45, 2.75) is 39.7 Å². The number of aryl methyl sites for hydroxylation is 1. The first-order valence-corrected chi connectivity index (χ1v) is 10.0. The first-order valence-electron chi connectivity index (χ1n) is 10.0. The number of rotatable bonds is 7. The van der Waals surface area contributed by atoms with Crippen LogP contribution in [0.5, 0.6) is 0 Å². The maximum atomic E-state index is 12.1. The SMILES string of the molecule is Cc1cccc(/C=C/C(=O)Nc2ccc(NC(=O)CCNC(=O)OC(C)(C)C)cc2)c1. The minimum Gasteiger partial charge on any atom is -0.444 e. The maximum absolute atomic E-state index is 12.1. The van der Waals surface area contributed by atoms with Gasteiger partial charge in [0.2, 0.25) is 11.8 Å². The Bertz CT molecular complexity index is 944. The third kappa shape index (κ3) is 9.62. The maximum Gasteiger partial charge on any atom is 0.407 e. The molecule has 0 heterocycles. The monoisotopic (exact) mass is 423 g/mol. The minimum atomic E-state index is -0.583. The van der Waals surface area contributed by atoms with Crippen LogP contribution in [0.3, 0.4) is 0 Å². The van der Waals surface area contributed by atoms with E-state index in [0.717, 1.165) is 11.1 Å². The van der Waals surface area contributed by atoms with E-state index in [0.29, 0.717) is 11.4 Å². The van der Waals surface area contributed by atoms with Gasteiger partial charge < -0.3 is 20.7 Å². The van der Waals surface area contributed by atoms with Crippen molar-refractivity contribution < 1.29 is 19.1 Å². The Hall–Kier alpha value is -3.61. The number of alkyl carbamates (subject to hydrolysis) is 1. The Morgan fingerprint density at radius 1 is 0.968 bits per heavy atom. The Balaban J connectivity index is 1.76. The zero-order valence-corrected chi connectivity index (χ0v) is 18.3. The highest BCUT2D eigenvalue weighted by Crippen LogP contribution is 2.14. The summed E-state index contributed by atoms with van der Waals surface area (Å²) in [7, 11) is 0. The molecule has 0 atom stereocenters. The number of nitrogens with one attached hydrogen (secondary N) is 3. The molecule has 0 bridgehead atoms. The molecule has 31 heavy (non-hydrogen) atoms. The van der Waals surface area contributed by atoms with Crippen LogP contribution in [-0.2, 0) is 14.3 Å². The first-order chi connectivity index (χ1) is 14.6. The smallest absolute Gasteiger partial charge is 0.407 e. The minimum absolute atomic E-state index is 0.113. The molecular weight excluding hydrogens is 394 g/mol. The molecule has 0 aliphatic rings. The van der Waals surface area contributed by atoms with E-state index in [1.807, 2.05) is 31.2 Å². The molecule has 0 spiro atoms. The molecule has 0 aliphatic carbocycles. The second kappa shape index (κ2) is 11.0. The van der Waals surface area contributed by atoms with Crippen LogP contribution >= 0.6 is 0 Å². The molecular formula is C24H29N3O4. The fourth-order valence-corrected chi connectivity index (χ4v) is 2.58. The van der Waals surface area contributed by atoms with Crippen LogP contribution in [0.4, 0.5) is 16.2 Å². The number of benzene rings is 2. The second-order valence-electron chi connectivity index (χ2n) is 8.04. The molecule has 2 rings (SSSR count). The van der Waals surface area contributed by atoms with E-state index >= 15 is 0 Å². The van der Waals surface area contributed by atoms with Crippen LogP contribution in [-0.4, -0.2) is 30.1 Å². The largest absolute Gasteiger partial charge is 0.444 e. The van der Waals surface area contributed by atoms with Gasteiger partial charge in [0.25, 0.3) is 0 Å². The van der Waals surface area contributed by atoms with E-state index in [4.69, 9.17) is 4.74 Å². The van der Waals surface area contributed by atoms with Gasteiger partial charge in [-0.15, -0.1) is 0 Å². The Labute approximate surface area is 182 Å². The molecule has 7 heteroatoms. The number of carbonyl (C=O) groups excluding carboxylic acids is 3. The van der Waals surface area contributed by atoms with Crippen molar-refractivity contribution in [3.63, 3.8) is 0 Å². The molecule has 3 N–H and O–H groups in total. The summed E-state index contributed by atoms with van der Waals surface area (Å²) < 4.78 is 5.11. The van der Waals surface area contributed by atoms with Crippen LogP contribution in [0.1, 0.15) is 38.3 Å². The van der Waals surface area contributed by atoms with Crippen molar-refractivity contribution in [2.75, 3.05) is 17.2 Å². The molecule has 0 radical (unpaired) electrons. The summed E-state index contributed by atoms with van der Waals surface area (Å²) in [5.74, 6) is -0.486. The van der Waals surface area contributed by atoms with Crippen LogP contribution in [0.15, 0.2) is 54.6 Å². The van der Waals surface area contributed by atoms with E-state index in [2.05, 4.69) is 16.0 Å². The molecule has 7 nitrogen and oxygen atoms in total. The zero-order chi connectivity index (χ0) is 22.9. The van der Waals surface area contributed by atoms with Gasteiger partial charge in [0.15, 0.2) is 0 Å². The van der Waals surface area contributed by atoms with Gasteiger partial charge in [-0.05, 0) is 63.6 Å². The lowest BCUT2D eigenvalue weighted by Gasteiger charge is -2.19. The average molecular weight is 424 g/mol. The normalized spacial score (nSPS) is 11.1. The van der Waals surface area contributed by atoms with Gasteiger partial charge in [0, 0.05) is 30.4 Å². The van der Waals surface area contributed by atoms with Gasteiger partial charge >= 0.3 is 6.09 Å². The molecule has 0 fully saturated rings. The molecule has 0 aromatic heterocycles. The molecule has 3 amide bonds. The first kappa shape index (κ1) is 23.7. The predicted octanol–water partition coefficient (Wildman–Crippen LogP) is 4.50. The number of anilines is 2. The van der Waals surface area contributed by atoms with Gasteiger partial charge in [-0.3, -0.25) is 9.59 Å². The summed E-state index contributed by atoms with van der Waals surface area (Å²) in [6.45, 7) is 7.47. The fraction of sp³-hybridized carbons (Fsp3) is 0.292. The second-order valence-corrected chi connectivity index (χ2v) is 8.04. The van der Waals surface area contributed by atoms with Crippen molar-refractivity contribution >= 4 is 35.4 Å². The highest BCUT2D eigenvalue weighted by molar-refractivity contribution is 6.02. The Kier molecular flexibility index (Phi) is 8.37. The number of hydrogen-bond donors (Lipinski definition) is 3. The van der Waals surface area contributed by atoms with Crippen molar-refractivity contribution in [3.8, 4) is 0 Å². The average Bonchev–Trinajstić information content (AvgIpc) is 2.66. The van der Waals surface area contributed by atoms with Crippen molar-refractivity contribution in [1.29, 1.82) is 0 Å². The summed E-state index contributed by atoms with van der Waals surface area (Å²) in [4.78, 5) is 35.6. The highest BCUT2D eigenvalue weighted by Gasteiger charge is 2.15. The Morgan fingerprint density at radius 2 is 1.61 bits per heavy atom. The summed E-state index contributed by atoms with van der Waals surface area (Å²) in [5.41, 5.74) is 2.70. The van der Waals surface area contributed by atoms with Gasteiger partial charge in [0.1, 0.15) is 5.60 Å². The van der Waals surface area contributed by atoms with Crippen LogP contribution in [0.25, 0.3) is 6.08 Å². The van der Waals surface area contributed by atoms with Crippen LogP contribution < -0.4 is 16.0 Å². The number of carbonyl (C=O) groups is 3. The summed E-state index contributed by atoms with van der Waals surface area (Å²) in [6.07, 6.45) is 2.78. The zero-order valence-electron chi connectivity index (χ0n) is 18.3. The highest BCUT2D eigenvalue weighted by atomic mass is 16.6. The molecule has 2 aromatic rings. The van der Waals surface area contributed by atoms with Crippen LogP contribution in [0.2, 0.25) is 0 Å². The molecule has 2 aromatic carbocycles. The molecule has 0 aliphatic heterocycles. The summed E-state index contributed by atoms with van der Waals surface area (Å²) in [6, 6.07) is 14.6. The van der Waals surface area contributed by atoms with E-state index in [9.17, 15) is 14.4 Å². The summed E-state index contributed by atoms with van der Waals surface area (Å²) >= 11 is 0. The van der Waals surface area contributed by atoms with Gasteiger partial charge in [-0.25, -0.2) is 4.79 Å². The fourth-order valence-electron chi connectivity index (χ4n) is 2.58.